The third-order valence-corrected chi connectivity index (χ3v) is 2.11. The van der Waals surface area contributed by atoms with Crippen molar-refractivity contribution in [3.8, 4) is 11.7 Å². The standard InChI is InChI=1S/C11H9NO6/c1-15-10(13)7-8(11(14)16-2)18-9(12-7)6-4-3-5-17-6/h3-5H,1-2H3. The van der Waals surface area contributed by atoms with E-state index in [1.54, 1.807) is 12.1 Å². The lowest BCUT2D eigenvalue weighted by molar-refractivity contribution is 0.0527. The van der Waals surface area contributed by atoms with E-state index in [9.17, 15) is 9.59 Å². The fraction of sp³-hybridized carbons (Fsp3) is 0.182. The summed E-state index contributed by atoms with van der Waals surface area (Å²) in [5.74, 6) is -1.65. The van der Waals surface area contributed by atoms with Crippen LogP contribution in [-0.4, -0.2) is 31.1 Å². The normalized spacial score (nSPS) is 10.1. The van der Waals surface area contributed by atoms with Crippen LogP contribution in [0.15, 0.2) is 27.2 Å². The molecule has 94 valence electrons. The Morgan fingerprint density at radius 1 is 1.22 bits per heavy atom. The van der Waals surface area contributed by atoms with E-state index in [1.165, 1.54) is 20.5 Å². The number of rotatable bonds is 3. The van der Waals surface area contributed by atoms with Gasteiger partial charge < -0.3 is 18.3 Å². The Hall–Kier alpha value is -2.57. The van der Waals surface area contributed by atoms with Crippen LogP contribution in [0, 0.1) is 0 Å². The van der Waals surface area contributed by atoms with Gasteiger partial charge >= 0.3 is 11.9 Å². The van der Waals surface area contributed by atoms with Crippen molar-refractivity contribution >= 4 is 11.9 Å². The molecule has 0 saturated carbocycles. The van der Waals surface area contributed by atoms with Crippen LogP contribution in [0.1, 0.15) is 21.0 Å². The quantitative estimate of drug-likeness (QED) is 0.763. The summed E-state index contributed by atoms with van der Waals surface area (Å²) in [7, 11) is 2.34. The predicted octanol–water partition coefficient (Wildman–Crippen LogP) is 1.51. The van der Waals surface area contributed by atoms with Gasteiger partial charge in [-0.25, -0.2) is 9.59 Å². The maximum atomic E-state index is 11.5. The van der Waals surface area contributed by atoms with Crippen molar-refractivity contribution < 1.29 is 27.9 Å². The average Bonchev–Trinajstić information content (AvgIpc) is 3.04. The Kier molecular flexibility index (Phi) is 3.13. The van der Waals surface area contributed by atoms with Crippen molar-refractivity contribution in [2.24, 2.45) is 0 Å². The van der Waals surface area contributed by atoms with Gasteiger partial charge in [0.1, 0.15) is 0 Å². The monoisotopic (exact) mass is 251 g/mol. The number of furan rings is 1. The minimum atomic E-state index is -0.819. The largest absolute Gasteiger partial charge is 0.464 e. The first-order chi connectivity index (χ1) is 8.67. The highest BCUT2D eigenvalue weighted by molar-refractivity contribution is 6.00. The lowest BCUT2D eigenvalue weighted by Gasteiger charge is -1.96. The van der Waals surface area contributed by atoms with Crippen LogP contribution >= 0.6 is 0 Å². The summed E-state index contributed by atoms with van der Waals surface area (Å²) in [6.07, 6.45) is 1.41. The maximum Gasteiger partial charge on any atom is 0.376 e. The number of carbonyl (C=O) groups excluding carboxylic acids is 2. The van der Waals surface area contributed by atoms with Gasteiger partial charge in [-0.3, -0.25) is 0 Å². The molecule has 0 atom stereocenters. The summed E-state index contributed by atoms with van der Waals surface area (Å²) in [5, 5.41) is 0. The zero-order valence-electron chi connectivity index (χ0n) is 9.63. The lowest BCUT2D eigenvalue weighted by Crippen LogP contribution is -2.10. The van der Waals surface area contributed by atoms with Gasteiger partial charge in [0.2, 0.25) is 11.5 Å². The molecule has 0 amide bonds. The number of methoxy groups -OCH3 is 2. The second-order valence-corrected chi connectivity index (χ2v) is 3.16. The molecule has 0 spiro atoms. The van der Waals surface area contributed by atoms with Gasteiger partial charge in [-0.05, 0) is 12.1 Å². The summed E-state index contributed by atoms with van der Waals surface area (Å²) < 4.78 is 19.2. The predicted molar refractivity (Wildman–Crippen MR) is 56.9 cm³/mol. The maximum absolute atomic E-state index is 11.5. The fourth-order valence-electron chi connectivity index (χ4n) is 1.29. The topological polar surface area (TPSA) is 91.8 Å². The molecule has 0 aliphatic heterocycles. The summed E-state index contributed by atoms with van der Waals surface area (Å²) >= 11 is 0. The Balaban J connectivity index is 2.50. The summed E-state index contributed by atoms with van der Waals surface area (Å²) in [5.41, 5.74) is -0.254. The Bertz CT molecular complexity index is 535. The third kappa shape index (κ3) is 1.97. The molecule has 0 aromatic carbocycles. The van der Waals surface area contributed by atoms with Crippen molar-refractivity contribution in [2.45, 2.75) is 0 Å². The van der Waals surface area contributed by atoms with Crippen molar-refractivity contribution in [2.75, 3.05) is 14.2 Å². The highest BCUT2D eigenvalue weighted by atomic mass is 16.5. The molecule has 2 aromatic rings. The molecule has 0 aliphatic carbocycles. The molecular weight excluding hydrogens is 242 g/mol. The van der Waals surface area contributed by atoms with Gasteiger partial charge in [0.25, 0.3) is 5.89 Å². The smallest absolute Gasteiger partial charge is 0.376 e. The molecule has 0 unspecified atom stereocenters. The molecule has 0 bridgehead atoms. The summed E-state index contributed by atoms with van der Waals surface area (Å²) in [6.45, 7) is 0. The second-order valence-electron chi connectivity index (χ2n) is 3.16. The lowest BCUT2D eigenvalue weighted by atomic mass is 10.3. The molecule has 0 N–H and O–H groups in total. The van der Waals surface area contributed by atoms with Crippen LogP contribution in [0.2, 0.25) is 0 Å². The van der Waals surface area contributed by atoms with E-state index in [1.807, 2.05) is 0 Å². The second kappa shape index (κ2) is 4.74. The average molecular weight is 251 g/mol. The number of nitrogens with zero attached hydrogens (tertiary/aromatic N) is 1. The molecule has 0 fully saturated rings. The van der Waals surface area contributed by atoms with E-state index in [0.717, 1.165) is 0 Å². The van der Waals surface area contributed by atoms with Gasteiger partial charge in [-0.1, -0.05) is 0 Å². The van der Waals surface area contributed by atoms with Gasteiger partial charge in [-0.2, -0.15) is 4.98 Å². The molecule has 2 aromatic heterocycles. The minimum absolute atomic E-state index is 0.000741. The first-order valence-electron chi connectivity index (χ1n) is 4.88. The van der Waals surface area contributed by atoms with Crippen LogP contribution in [0.4, 0.5) is 0 Å². The third-order valence-electron chi connectivity index (χ3n) is 2.11. The molecular formula is C11H9NO6. The minimum Gasteiger partial charge on any atom is -0.464 e. The van der Waals surface area contributed by atoms with E-state index in [4.69, 9.17) is 8.83 Å². The van der Waals surface area contributed by atoms with Crippen LogP contribution < -0.4 is 0 Å². The molecule has 2 heterocycles. The van der Waals surface area contributed by atoms with Crippen LogP contribution in [0.3, 0.4) is 0 Å². The van der Waals surface area contributed by atoms with Crippen LogP contribution in [-0.2, 0) is 9.47 Å². The Morgan fingerprint density at radius 3 is 2.50 bits per heavy atom. The van der Waals surface area contributed by atoms with Gasteiger partial charge in [0.15, 0.2) is 5.76 Å². The number of hydrogen-bond donors (Lipinski definition) is 0. The SMILES string of the molecule is COC(=O)c1nc(-c2ccco2)oc1C(=O)OC. The Labute approximate surface area is 101 Å². The number of hydrogen-bond acceptors (Lipinski definition) is 7. The molecule has 18 heavy (non-hydrogen) atoms. The highest BCUT2D eigenvalue weighted by Crippen LogP contribution is 2.23. The fourth-order valence-corrected chi connectivity index (χ4v) is 1.29. The first kappa shape index (κ1) is 11.9. The van der Waals surface area contributed by atoms with Crippen molar-refractivity contribution in [1.82, 2.24) is 4.98 Å². The van der Waals surface area contributed by atoms with Gasteiger partial charge in [-0.15, -0.1) is 0 Å². The molecule has 0 aliphatic rings. The number of oxazole rings is 1. The van der Waals surface area contributed by atoms with Gasteiger partial charge in [0.05, 0.1) is 20.5 Å². The highest BCUT2D eigenvalue weighted by Gasteiger charge is 2.28. The van der Waals surface area contributed by atoms with Crippen molar-refractivity contribution in [3.05, 3.63) is 29.9 Å². The zero-order valence-corrected chi connectivity index (χ0v) is 9.63. The van der Waals surface area contributed by atoms with E-state index in [-0.39, 0.29) is 23.1 Å². The van der Waals surface area contributed by atoms with Crippen LogP contribution in [0.5, 0.6) is 0 Å². The van der Waals surface area contributed by atoms with Crippen molar-refractivity contribution in [3.63, 3.8) is 0 Å². The van der Waals surface area contributed by atoms with E-state index < -0.39 is 11.9 Å². The van der Waals surface area contributed by atoms with E-state index in [2.05, 4.69) is 14.5 Å². The summed E-state index contributed by atoms with van der Waals surface area (Å²) in [6, 6.07) is 3.20. The number of esters is 2. The summed E-state index contributed by atoms with van der Waals surface area (Å²) in [4.78, 5) is 26.8. The van der Waals surface area contributed by atoms with Crippen LogP contribution in [0.25, 0.3) is 11.7 Å². The number of aromatic nitrogens is 1. The van der Waals surface area contributed by atoms with E-state index >= 15 is 0 Å². The molecule has 0 saturated heterocycles. The molecule has 2 rings (SSSR count). The van der Waals surface area contributed by atoms with Gasteiger partial charge in [0, 0.05) is 0 Å². The molecule has 0 radical (unpaired) electrons. The number of carbonyl (C=O) groups is 2. The molecule has 7 heteroatoms. The zero-order chi connectivity index (χ0) is 13.1. The Morgan fingerprint density at radius 2 is 1.94 bits per heavy atom. The van der Waals surface area contributed by atoms with E-state index in [0.29, 0.717) is 0 Å². The first-order valence-corrected chi connectivity index (χ1v) is 4.88. The van der Waals surface area contributed by atoms with Crippen molar-refractivity contribution in [1.29, 1.82) is 0 Å². The number of ether oxygens (including phenoxy) is 2. The molecule has 7 nitrogen and oxygen atoms in total.